The highest BCUT2D eigenvalue weighted by molar-refractivity contribution is 7.71. The minimum Gasteiger partial charge on any atom is -0.342 e. The van der Waals surface area contributed by atoms with Crippen molar-refractivity contribution >= 4 is 29.2 Å². The highest BCUT2D eigenvalue weighted by atomic mass is 32.1. The van der Waals surface area contributed by atoms with E-state index in [1.807, 2.05) is 4.90 Å². The van der Waals surface area contributed by atoms with Crippen LogP contribution in [0.5, 0.6) is 0 Å². The van der Waals surface area contributed by atoms with Crippen LogP contribution in [0.15, 0.2) is 18.2 Å². The normalized spacial score (nSPS) is 20.3. The van der Waals surface area contributed by atoms with Crippen LogP contribution in [0.25, 0.3) is 11.0 Å². The van der Waals surface area contributed by atoms with Crippen molar-refractivity contribution in [3.05, 3.63) is 28.8 Å². The van der Waals surface area contributed by atoms with Crippen LogP contribution in [-0.4, -0.2) is 33.4 Å². The number of benzene rings is 1. The Kier molecular flexibility index (Phi) is 4.63. The molecule has 1 saturated carbocycles. The van der Waals surface area contributed by atoms with Gasteiger partial charge in [0.1, 0.15) is 5.82 Å². The molecule has 1 aliphatic carbocycles. The number of aromatic nitrogens is 2. The summed E-state index contributed by atoms with van der Waals surface area (Å²) in [6.07, 6.45) is 7.55. The third-order valence-corrected chi connectivity index (χ3v) is 6.07. The summed E-state index contributed by atoms with van der Waals surface area (Å²) in [5, 5.41) is 0. The number of halogens is 1. The number of hydrogen-bond acceptors (Lipinski definition) is 2. The molecule has 1 N–H and O–H groups in total. The van der Waals surface area contributed by atoms with Gasteiger partial charge in [0.2, 0.25) is 5.91 Å². The van der Waals surface area contributed by atoms with Crippen molar-refractivity contribution in [2.45, 2.75) is 51.0 Å². The number of rotatable bonds is 2. The number of piperidine rings is 1. The summed E-state index contributed by atoms with van der Waals surface area (Å²) in [7, 11) is 0. The Morgan fingerprint density at radius 1 is 1.12 bits per heavy atom. The van der Waals surface area contributed by atoms with E-state index in [-0.39, 0.29) is 17.8 Å². The van der Waals surface area contributed by atoms with Gasteiger partial charge in [-0.05, 0) is 56.1 Å². The van der Waals surface area contributed by atoms with Crippen molar-refractivity contribution in [3.63, 3.8) is 0 Å². The van der Waals surface area contributed by atoms with Gasteiger partial charge in [-0.3, -0.25) is 4.79 Å². The fourth-order valence-corrected chi connectivity index (χ4v) is 4.78. The van der Waals surface area contributed by atoms with Gasteiger partial charge in [0, 0.05) is 25.0 Å². The van der Waals surface area contributed by atoms with E-state index in [9.17, 15) is 9.18 Å². The summed E-state index contributed by atoms with van der Waals surface area (Å²) in [5.74, 6) is 0.329. The highest BCUT2D eigenvalue weighted by Gasteiger charge is 2.30. The van der Waals surface area contributed by atoms with Crippen LogP contribution in [0.4, 0.5) is 4.39 Å². The summed E-state index contributed by atoms with van der Waals surface area (Å²) in [4.78, 5) is 17.9. The van der Waals surface area contributed by atoms with Gasteiger partial charge in [-0.15, -0.1) is 0 Å². The molecule has 1 amide bonds. The van der Waals surface area contributed by atoms with E-state index in [0.717, 1.165) is 49.8 Å². The second kappa shape index (κ2) is 6.90. The van der Waals surface area contributed by atoms with E-state index in [1.54, 1.807) is 6.07 Å². The van der Waals surface area contributed by atoms with Crippen LogP contribution in [0.1, 0.15) is 51.0 Å². The number of aromatic amines is 1. The third-order valence-electron chi connectivity index (χ3n) is 5.77. The lowest BCUT2D eigenvalue weighted by molar-refractivity contribution is -0.137. The van der Waals surface area contributed by atoms with Crippen molar-refractivity contribution in [3.8, 4) is 0 Å². The molecule has 0 bridgehead atoms. The molecule has 25 heavy (non-hydrogen) atoms. The molecular weight excluding hydrogens is 337 g/mol. The lowest BCUT2D eigenvalue weighted by Gasteiger charge is -2.35. The molecule has 1 aromatic carbocycles. The highest BCUT2D eigenvalue weighted by Crippen LogP contribution is 2.31. The molecule has 1 saturated heterocycles. The number of nitrogens with one attached hydrogen (secondary N) is 1. The zero-order chi connectivity index (χ0) is 17.4. The first-order valence-corrected chi connectivity index (χ1v) is 9.73. The molecule has 4 nitrogen and oxygen atoms in total. The topological polar surface area (TPSA) is 41.0 Å². The average Bonchev–Trinajstić information content (AvgIpc) is 2.97. The predicted octanol–water partition coefficient (Wildman–Crippen LogP) is 4.58. The summed E-state index contributed by atoms with van der Waals surface area (Å²) < 4.78 is 16.2. The number of imidazole rings is 1. The number of likely N-dealkylation sites (tertiary alicyclic amines) is 1. The number of hydrogen-bond donors (Lipinski definition) is 1. The molecule has 1 aliphatic heterocycles. The number of carbonyl (C=O) groups is 1. The molecule has 2 heterocycles. The second-order valence-electron chi connectivity index (χ2n) is 7.35. The molecule has 0 atom stereocenters. The van der Waals surface area contributed by atoms with Gasteiger partial charge in [0.05, 0.1) is 11.0 Å². The monoisotopic (exact) mass is 361 g/mol. The second-order valence-corrected chi connectivity index (χ2v) is 7.74. The van der Waals surface area contributed by atoms with Gasteiger partial charge in [0.25, 0.3) is 0 Å². The average molecular weight is 361 g/mol. The Morgan fingerprint density at radius 2 is 1.84 bits per heavy atom. The van der Waals surface area contributed by atoms with E-state index in [2.05, 4.69) is 9.55 Å². The van der Waals surface area contributed by atoms with Crippen LogP contribution in [-0.2, 0) is 4.79 Å². The number of amides is 1. The lowest BCUT2D eigenvalue weighted by Crippen LogP contribution is -2.42. The lowest BCUT2D eigenvalue weighted by atomic mass is 9.87. The van der Waals surface area contributed by atoms with Gasteiger partial charge in [-0.2, -0.15) is 0 Å². The molecule has 0 spiro atoms. The van der Waals surface area contributed by atoms with E-state index >= 15 is 0 Å². The van der Waals surface area contributed by atoms with Crippen molar-refractivity contribution in [2.24, 2.45) is 5.92 Å². The first kappa shape index (κ1) is 16.8. The first-order valence-electron chi connectivity index (χ1n) is 9.32. The van der Waals surface area contributed by atoms with Gasteiger partial charge >= 0.3 is 0 Å². The molecule has 0 unspecified atom stereocenters. The number of fused-ring (bicyclic) bond motifs is 1. The molecule has 134 valence electrons. The Balaban J connectivity index is 1.48. The molecular formula is C19H24FN3OS. The van der Waals surface area contributed by atoms with Gasteiger partial charge in [-0.1, -0.05) is 19.3 Å². The van der Waals surface area contributed by atoms with Crippen molar-refractivity contribution < 1.29 is 9.18 Å². The molecule has 2 fully saturated rings. The van der Waals surface area contributed by atoms with E-state index in [0.29, 0.717) is 10.7 Å². The Hall–Kier alpha value is -1.69. The van der Waals surface area contributed by atoms with Crippen LogP contribution >= 0.6 is 12.2 Å². The maximum Gasteiger partial charge on any atom is 0.225 e. The predicted molar refractivity (Wildman–Crippen MR) is 98.5 cm³/mol. The maximum atomic E-state index is 13.4. The molecule has 2 aliphatic rings. The van der Waals surface area contributed by atoms with Crippen LogP contribution in [0.2, 0.25) is 0 Å². The number of carbonyl (C=O) groups excluding carboxylic acids is 1. The van der Waals surface area contributed by atoms with Crippen LogP contribution in [0.3, 0.4) is 0 Å². The summed E-state index contributed by atoms with van der Waals surface area (Å²) in [5.41, 5.74) is 1.69. The molecule has 6 heteroatoms. The zero-order valence-corrected chi connectivity index (χ0v) is 15.2. The minimum atomic E-state index is -0.260. The molecule has 1 aromatic heterocycles. The number of nitrogens with zero attached hydrogens (tertiary/aromatic N) is 2. The Bertz CT molecular complexity index is 829. The molecule has 4 rings (SSSR count). The largest absolute Gasteiger partial charge is 0.342 e. The first-order chi connectivity index (χ1) is 12.1. The number of H-pyrrole nitrogens is 1. The Morgan fingerprint density at radius 3 is 2.56 bits per heavy atom. The van der Waals surface area contributed by atoms with Crippen molar-refractivity contribution in [1.82, 2.24) is 14.5 Å². The molecule has 2 aromatic rings. The Labute approximate surface area is 152 Å². The summed E-state index contributed by atoms with van der Waals surface area (Å²) >= 11 is 5.46. The van der Waals surface area contributed by atoms with Crippen molar-refractivity contribution in [1.29, 1.82) is 0 Å². The van der Waals surface area contributed by atoms with Crippen LogP contribution < -0.4 is 0 Å². The van der Waals surface area contributed by atoms with Gasteiger partial charge in [-0.25, -0.2) is 4.39 Å². The maximum absolute atomic E-state index is 13.4. The summed E-state index contributed by atoms with van der Waals surface area (Å²) in [6, 6.07) is 5.02. The quantitative estimate of drug-likeness (QED) is 0.796. The smallest absolute Gasteiger partial charge is 0.225 e. The summed E-state index contributed by atoms with van der Waals surface area (Å²) in [6.45, 7) is 1.57. The fraction of sp³-hybridized carbons (Fsp3) is 0.579. The molecule has 0 radical (unpaired) electrons. The van der Waals surface area contributed by atoms with E-state index < -0.39 is 0 Å². The third kappa shape index (κ3) is 3.24. The zero-order valence-electron chi connectivity index (χ0n) is 14.3. The van der Waals surface area contributed by atoms with Crippen LogP contribution in [0, 0.1) is 16.5 Å². The SMILES string of the molecule is O=C(C1CCCCC1)N1CCC(n2c(=S)[nH]c3cc(F)ccc32)CC1. The van der Waals surface area contributed by atoms with Crippen molar-refractivity contribution in [2.75, 3.05) is 13.1 Å². The minimum absolute atomic E-state index is 0.239. The standard InChI is InChI=1S/C19H24FN3OS/c20-14-6-7-17-16(12-14)21-19(25)23(17)15-8-10-22(11-9-15)18(24)13-4-2-1-3-5-13/h6-7,12-13,15H,1-5,8-11H2,(H,21,25). The van der Waals surface area contributed by atoms with E-state index in [4.69, 9.17) is 12.2 Å². The van der Waals surface area contributed by atoms with Gasteiger partial charge in [0.15, 0.2) is 4.77 Å². The van der Waals surface area contributed by atoms with Gasteiger partial charge < -0.3 is 14.5 Å². The van der Waals surface area contributed by atoms with E-state index in [1.165, 1.54) is 31.4 Å². The fourth-order valence-electron chi connectivity index (χ4n) is 4.42.